The van der Waals surface area contributed by atoms with Gasteiger partial charge in [-0.2, -0.15) is 0 Å². The smallest absolute Gasteiger partial charge is 0.156 e. The van der Waals surface area contributed by atoms with Crippen molar-refractivity contribution < 1.29 is 14.2 Å². The molecule has 25 heavy (non-hydrogen) atoms. The predicted molar refractivity (Wildman–Crippen MR) is 104 cm³/mol. The van der Waals surface area contributed by atoms with Gasteiger partial charge in [0.25, 0.3) is 0 Å². The first-order chi connectivity index (χ1) is 12.1. The number of anilines is 3. The van der Waals surface area contributed by atoms with E-state index in [1.807, 2.05) is 36.4 Å². The van der Waals surface area contributed by atoms with E-state index in [9.17, 15) is 0 Å². The molecular formula is C18H6Br3NO3. The van der Waals surface area contributed by atoms with Gasteiger partial charge in [0.15, 0.2) is 34.5 Å². The second-order valence-corrected chi connectivity index (χ2v) is 8.64. The third-order valence-electron chi connectivity index (χ3n) is 4.34. The van der Waals surface area contributed by atoms with Crippen LogP contribution in [0.1, 0.15) is 0 Å². The summed E-state index contributed by atoms with van der Waals surface area (Å²) >= 11 is 10.6. The normalized spacial score (nSPS) is 14.3. The lowest BCUT2D eigenvalue weighted by Gasteiger charge is -2.41. The Kier molecular flexibility index (Phi) is 2.73. The van der Waals surface area contributed by atoms with Crippen LogP contribution in [0.15, 0.2) is 49.8 Å². The lowest BCUT2D eigenvalue weighted by Crippen LogP contribution is -2.24. The molecule has 0 N–H and O–H groups in total. The molecule has 3 aromatic rings. The van der Waals surface area contributed by atoms with Crippen molar-refractivity contribution in [3.8, 4) is 34.5 Å². The highest BCUT2D eigenvalue weighted by Gasteiger charge is 2.42. The fourth-order valence-corrected chi connectivity index (χ4v) is 4.72. The molecule has 0 spiro atoms. The summed E-state index contributed by atoms with van der Waals surface area (Å²) in [6.45, 7) is 0. The summed E-state index contributed by atoms with van der Waals surface area (Å²) in [5, 5.41) is 0. The number of hydrogen-bond acceptors (Lipinski definition) is 4. The van der Waals surface area contributed by atoms with Gasteiger partial charge in [-0.15, -0.1) is 0 Å². The lowest BCUT2D eigenvalue weighted by atomic mass is 10.0. The predicted octanol–water partition coefficient (Wildman–Crippen LogP) is 7.76. The first-order valence-corrected chi connectivity index (χ1v) is 9.81. The van der Waals surface area contributed by atoms with E-state index in [1.165, 1.54) is 0 Å². The monoisotopic (exact) mass is 521 g/mol. The van der Waals surface area contributed by atoms with Crippen LogP contribution in [-0.4, -0.2) is 0 Å². The Morgan fingerprint density at radius 2 is 0.720 bits per heavy atom. The van der Waals surface area contributed by atoms with E-state index in [4.69, 9.17) is 14.2 Å². The zero-order chi connectivity index (χ0) is 16.9. The van der Waals surface area contributed by atoms with Crippen LogP contribution in [0.3, 0.4) is 0 Å². The van der Waals surface area contributed by atoms with Crippen molar-refractivity contribution in [2.24, 2.45) is 0 Å². The third kappa shape index (κ3) is 1.86. The van der Waals surface area contributed by atoms with Gasteiger partial charge >= 0.3 is 0 Å². The molecule has 122 valence electrons. The van der Waals surface area contributed by atoms with Gasteiger partial charge in [0.05, 0.1) is 0 Å². The van der Waals surface area contributed by atoms with E-state index in [-0.39, 0.29) is 0 Å². The lowest BCUT2D eigenvalue weighted by molar-refractivity contribution is 0.417. The first kappa shape index (κ1) is 14.5. The van der Waals surface area contributed by atoms with E-state index in [0.717, 1.165) is 65.0 Å². The van der Waals surface area contributed by atoms with Crippen molar-refractivity contribution in [2.45, 2.75) is 0 Å². The minimum absolute atomic E-state index is 0.738. The van der Waals surface area contributed by atoms with E-state index in [2.05, 4.69) is 52.7 Å². The first-order valence-electron chi connectivity index (χ1n) is 7.43. The second kappa shape index (κ2) is 4.72. The molecule has 7 heteroatoms. The van der Waals surface area contributed by atoms with Gasteiger partial charge in [-0.1, -0.05) is 47.8 Å². The van der Waals surface area contributed by atoms with Crippen molar-refractivity contribution >= 4 is 64.9 Å². The van der Waals surface area contributed by atoms with Crippen LogP contribution in [0.5, 0.6) is 34.5 Å². The topological polar surface area (TPSA) is 30.9 Å². The Balaban J connectivity index is 1.78. The molecule has 0 aliphatic carbocycles. The molecule has 3 aliphatic rings. The maximum absolute atomic E-state index is 6.16. The van der Waals surface area contributed by atoms with Gasteiger partial charge in [-0.05, 0) is 36.4 Å². The average molecular weight is 524 g/mol. The number of halogens is 3. The van der Waals surface area contributed by atoms with Gasteiger partial charge in [0.1, 0.15) is 17.1 Å². The van der Waals surface area contributed by atoms with Gasteiger partial charge in [0, 0.05) is 13.4 Å². The SMILES string of the molecule is Brc1cc2c3c(c1)Oc1cc(Br)cc4c1N3c1c(cc(Br)cc1O4)O2. The summed E-state index contributed by atoms with van der Waals surface area (Å²) in [5.74, 6) is 4.43. The van der Waals surface area contributed by atoms with Gasteiger partial charge in [-0.25, -0.2) is 0 Å². The number of hydrogen-bond donors (Lipinski definition) is 0. The van der Waals surface area contributed by atoms with Gasteiger partial charge < -0.3 is 14.2 Å². The summed E-state index contributed by atoms with van der Waals surface area (Å²) in [4.78, 5) is 2.17. The number of ether oxygens (including phenoxy) is 3. The highest BCUT2D eigenvalue weighted by atomic mass is 79.9. The highest BCUT2D eigenvalue weighted by Crippen LogP contribution is 2.67. The average Bonchev–Trinajstić information content (AvgIpc) is 2.52. The summed E-state index contributed by atoms with van der Waals surface area (Å²) < 4.78 is 21.2. The van der Waals surface area contributed by atoms with Crippen LogP contribution in [0.4, 0.5) is 17.1 Å². The molecule has 0 radical (unpaired) electrons. The standard InChI is InChI=1S/C18H6Br3NO3/c19-7-1-10-16-11(2-7)24-14-5-9(21)6-15-18(14)22(16)17-12(23-10)3-8(20)4-13(17)25-15/h1-6H. The van der Waals surface area contributed by atoms with Crippen LogP contribution in [0, 0.1) is 0 Å². The zero-order valence-electron chi connectivity index (χ0n) is 12.3. The Morgan fingerprint density at radius 3 is 0.960 bits per heavy atom. The Labute approximate surface area is 167 Å². The van der Waals surface area contributed by atoms with Crippen LogP contribution < -0.4 is 19.1 Å². The molecule has 0 unspecified atom stereocenters. The summed E-state index contributed by atoms with van der Waals surface area (Å²) in [5.41, 5.74) is 2.66. The molecule has 3 heterocycles. The maximum atomic E-state index is 6.16. The summed E-state index contributed by atoms with van der Waals surface area (Å²) in [6, 6.07) is 11.7. The van der Waals surface area contributed by atoms with Crippen molar-refractivity contribution in [1.29, 1.82) is 0 Å². The van der Waals surface area contributed by atoms with Crippen LogP contribution >= 0.6 is 47.8 Å². The van der Waals surface area contributed by atoms with Crippen LogP contribution in [0.25, 0.3) is 0 Å². The third-order valence-corrected chi connectivity index (χ3v) is 5.72. The Morgan fingerprint density at radius 1 is 0.480 bits per heavy atom. The molecule has 3 aromatic carbocycles. The van der Waals surface area contributed by atoms with E-state index in [1.54, 1.807) is 0 Å². The van der Waals surface area contributed by atoms with E-state index in [0.29, 0.717) is 0 Å². The molecule has 0 saturated heterocycles. The van der Waals surface area contributed by atoms with Gasteiger partial charge in [-0.3, -0.25) is 4.90 Å². The maximum Gasteiger partial charge on any atom is 0.156 e. The van der Waals surface area contributed by atoms with E-state index < -0.39 is 0 Å². The molecule has 0 fully saturated rings. The van der Waals surface area contributed by atoms with Crippen molar-refractivity contribution in [1.82, 2.24) is 0 Å². The Bertz CT molecular complexity index is 918. The molecule has 3 aliphatic heterocycles. The molecule has 0 bridgehead atoms. The molecule has 4 nitrogen and oxygen atoms in total. The minimum atomic E-state index is 0.738. The van der Waals surface area contributed by atoms with E-state index >= 15 is 0 Å². The fourth-order valence-electron chi connectivity index (χ4n) is 3.47. The molecular weight excluding hydrogens is 518 g/mol. The fraction of sp³-hybridized carbons (Fsp3) is 0. The molecule has 0 atom stereocenters. The molecule has 0 aromatic heterocycles. The summed E-state index contributed by atoms with van der Waals surface area (Å²) in [7, 11) is 0. The minimum Gasteiger partial charge on any atom is -0.453 e. The largest absolute Gasteiger partial charge is 0.453 e. The molecule has 0 amide bonds. The quantitative estimate of drug-likeness (QED) is 0.203. The molecule has 6 rings (SSSR count). The Hall–Kier alpha value is -1.70. The number of nitrogens with zero attached hydrogens (tertiary/aromatic N) is 1. The number of rotatable bonds is 0. The summed E-state index contributed by atoms with van der Waals surface area (Å²) in [6.07, 6.45) is 0. The zero-order valence-corrected chi connectivity index (χ0v) is 17.0. The van der Waals surface area contributed by atoms with Crippen molar-refractivity contribution in [3.05, 3.63) is 49.8 Å². The van der Waals surface area contributed by atoms with Crippen molar-refractivity contribution in [3.63, 3.8) is 0 Å². The van der Waals surface area contributed by atoms with Crippen LogP contribution in [0.2, 0.25) is 0 Å². The second-order valence-electron chi connectivity index (χ2n) is 5.89. The van der Waals surface area contributed by atoms with Crippen LogP contribution in [-0.2, 0) is 0 Å². The molecule has 0 saturated carbocycles. The highest BCUT2D eigenvalue weighted by molar-refractivity contribution is 9.11. The number of benzene rings is 3. The van der Waals surface area contributed by atoms with Crippen molar-refractivity contribution in [2.75, 3.05) is 4.90 Å². The van der Waals surface area contributed by atoms with Gasteiger partial charge in [0.2, 0.25) is 0 Å².